The van der Waals surface area contributed by atoms with E-state index in [0.29, 0.717) is 12.5 Å². The molecule has 9 nitrogen and oxygen atoms in total. The molecule has 4 aromatic heterocycles. The Morgan fingerprint density at radius 1 is 1.18 bits per heavy atom. The van der Waals surface area contributed by atoms with Crippen LogP contribution in [-0.4, -0.2) is 55.6 Å². The van der Waals surface area contributed by atoms with Crippen molar-refractivity contribution < 1.29 is 14.6 Å². The molecule has 10 heteroatoms. The summed E-state index contributed by atoms with van der Waals surface area (Å²) in [6.07, 6.45) is 5.23. The molecule has 0 saturated heterocycles. The fraction of sp³-hybridized carbons (Fsp3) is 0.500. The van der Waals surface area contributed by atoms with Gasteiger partial charge in [-0.3, -0.25) is 9.13 Å². The highest BCUT2D eigenvalue weighted by Crippen LogP contribution is 2.40. The molecule has 0 amide bonds. The van der Waals surface area contributed by atoms with Crippen LogP contribution in [0, 0.1) is 11.8 Å². The molecule has 1 aliphatic rings. The molecule has 2 unspecified atom stereocenters. The molecule has 0 spiro atoms. The molecule has 0 aromatic carbocycles. The summed E-state index contributed by atoms with van der Waals surface area (Å²) in [6.45, 7) is 4.68. The van der Waals surface area contributed by atoms with E-state index >= 15 is 0 Å². The van der Waals surface area contributed by atoms with E-state index < -0.39 is 0 Å². The number of thiazole rings is 1. The van der Waals surface area contributed by atoms with E-state index in [1.807, 2.05) is 16.7 Å². The normalized spacial score (nSPS) is 23.1. The number of ether oxygens (including phenoxy) is 2. The minimum Gasteiger partial charge on any atom is -0.481 e. The molecule has 34 heavy (non-hydrogen) atoms. The lowest BCUT2D eigenvalue weighted by molar-refractivity contribution is -0.0587. The number of aliphatic hydroxyl groups is 1. The van der Waals surface area contributed by atoms with Gasteiger partial charge in [-0.25, -0.2) is 19.7 Å². The summed E-state index contributed by atoms with van der Waals surface area (Å²) in [5.41, 5.74) is 3.18. The number of fused-ring (bicyclic) bond motifs is 3. The molecule has 2 atom stereocenters. The van der Waals surface area contributed by atoms with Crippen molar-refractivity contribution in [2.24, 2.45) is 18.9 Å². The highest BCUT2D eigenvalue weighted by molar-refractivity contribution is 7.21. The van der Waals surface area contributed by atoms with Gasteiger partial charge in [0.15, 0.2) is 0 Å². The van der Waals surface area contributed by atoms with Crippen LogP contribution in [0.3, 0.4) is 0 Å². The summed E-state index contributed by atoms with van der Waals surface area (Å²) >= 11 is 1.49. The van der Waals surface area contributed by atoms with Gasteiger partial charge >= 0.3 is 5.69 Å². The highest BCUT2D eigenvalue weighted by Gasteiger charge is 2.36. The molecule has 0 aliphatic heterocycles. The van der Waals surface area contributed by atoms with E-state index in [9.17, 15) is 9.90 Å². The Morgan fingerprint density at radius 3 is 2.59 bits per heavy atom. The molecule has 1 saturated carbocycles. The number of pyridine rings is 2. The minimum atomic E-state index is -0.0518. The number of hydrogen-bond donors (Lipinski definition) is 1. The van der Waals surface area contributed by atoms with Crippen LogP contribution in [-0.2, 0) is 11.8 Å². The average Bonchev–Trinajstić information content (AvgIpc) is 3.38. The summed E-state index contributed by atoms with van der Waals surface area (Å²) in [5.74, 6) is 1.07. The fourth-order valence-electron chi connectivity index (χ4n) is 5.30. The van der Waals surface area contributed by atoms with Crippen LogP contribution < -0.4 is 10.4 Å². The molecule has 1 N–H and O–H groups in total. The van der Waals surface area contributed by atoms with Gasteiger partial charge in [0.2, 0.25) is 5.88 Å². The number of aliphatic hydroxyl groups excluding tert-OH is 1. The second kappa shape index (κ2) is 9.09. The monoisotopic (exact) mass is 483 g/mol. The molecule has 4 aromatic rings. The Kier molecular flexibility index (Phi) is 6.13. The maximum absolute atomic E-state index is 13.4. The first kappa shape index (κ1) is 22.9. The Hall–Kier alpha value is -2.82. The molecule has 0 radical (unpaired) electrons. The first-order valence-corrected chi connectivity index (χ1v) is 12.3. The van der Waals surface area contributed by atoms with Gasteiger partial charge in [-0.05, 0) is 30.7 Å². The standard InChI is InChI=1S/C24H29N5O4S/c1-13-9-16(10-14(2)21(13)33-8-7-30)29-20-17(28(3)24(29)31)12-26-23-19(20)27-22(34-23)15-5-6-18(32-4)25-11-15/h5-6,11-14,16,21,30H,7-10H2,1-4H3. The maximum atomic E-state index is 13.4. The number of aromatic nitrogens is 5. The van der Waals surface area contributed by atoms with E-state index in [0.717, 1.165) is 44.8 Å². The van der Waals surface area contributed by atoms with E-state index in [1.54, 1.807) is 31.1 Å². The molecule has 0 bridgehead atoms. The van der Waals surface area contributed by atoms with E-state index in [1.165, 1.54) is 11.3 Å². The Balaban J connectivity index is 1.60. The highest BCUT2D eigenvalue weighted by atomic mass is 32.1. The van der Waals surface area contributed by atoms with Crippen LogP contribution in [0.2, 0.25) is 0 Å². The van der Waals surface area contributed by atoms with Gasteiger partial charge in [-0.1, -0.05) is 25.2 Å². The minimum absolute atomic E-state index is 0.0169. The first-order valence-electron chi connectivity index (χ1n) is 11.5. The van der Waals surface area contributed by atoms with Gasteiger partial charge in [-0.15, -0.1) is 0 Å². The average molecular weight is 484 g/mol. The second-order valence-electron chi connectivity index (χ2n) is 9.10. The van der Waals surface area contributed by atoms with Crippen molar-refractivity contribution in [2.75, 3.05) is 20.3 Å². The Bertz CT molecular complexity index is 1360. The van der Waals surface area contributed by atoms with Crippen LogP contribution in [0.15, 0.2) is 29.3 Å². The van der Waals surface area contributed by atoms with Crippen molar-refractivity contribution in [3.63, 3.8) is 0 Å². The quantitative estimate of drug-likeness (QED) is 0.448. The predicted molar refractivity (Wildman–Crippen MR) is 131 cm³/mol. The molecular weight excluding hydrogens is 454 g/mol. The van der Waals surface area contributed by atoms with Crippen LogP contribution in [0.25, 0.3) is 32.0 Å². The van der Waals surface area contributed by atoms with E-state index in [2.05, 4.69) is 23.8 Å². The molecule has 1 aliphatic carbocycles. The van der Waals surface area contributed by atoms with Crippen LogP contribution in [0.5, 0.6) is 5.88 Å². The summed E-state index contributed by atoms with van der Waals surface area (Å²) in [7, 11) is 3.38. The third-order valence-corrected chi connectivity index (χ3v) is 7.86. The largest absolute Gasteiger partial charge is 0.481 e. The lowest BCUT2D eigenvalue weighted by Gasteiger charge is -2.39. The number of hydrogen-bond acceptors (Lipinski definition) is 8. The summed E-state index contributed by atoms with van der Waals surface area (Å²) in [5, 5.41) is 9.97. The van der Waals surface area contributed by atoms with Crippen molar-refractivity contribution in [3.05, 3.63) is 35.0 Å². The van der Waals surface area contributed by atoms with Crippen LogP contribution in [0.1, 0.15) is 32.7 Å². The third kappa shape index (κ3) is 3.79. The topological polar surface area (TPSA) is 104 Å². The number of aryl methyl sites for hydroxylation is 1. The number of imidazole rings is 1. The Labute approximate surface area is 201 Å². The zero-order valence-corrected chi connectivity index (χ0v) is 20.6. The second-order valence-corrected chi connectivity index (χ2v) is 10.1. The predicted octanol–water partition coefficient (Wildman–Crippen LogP) is 3.40. The van der Waals surface area contributed by atoms with Crippen LogP contribution in [0.4, 0.5) is 0 Å². The zero-order valence-electron chi connectivity index (χ0n) is 19.8. The van der Waals surface area contributed by atoms with Gasteiger partial charge in [0.1, 0.15) is 20.9 Å². The smallest absolute Gasteiger partial charge is 0.329 e. The third-order valence-electron chi connectivity index (χ3n) is 6.84. The van der Waals surface area contributed by atoms with Crippen molar-refractivity contribution in [1.29, 1.82) is 0 Å². The SMILES string of the molecule is COc1ccc(-c2nc3c(ncc4c3n(C3CC(C)C(OCCO)C(C)C3)c(=O)n4C)s2)cn1. The van der Waals surface area contributed by atoms with Crippen LogP contribution >= 0.6 is 11.3 Å². The lowest BCUT2D eigenvalue weighted by atomic mass is 9.77. The maximum Gasteiger partial charge on any atom is 0.329 e. The molecule has 5 rings (SSSR count). The summed E-state index contributed by atoms with van der Waals surface area (Å²) in [6, 6.07) is 3.77. The summed E-state index contributed by atoms with van der Waals surface area (Å²) in [4.78, 5) is 28.1. The first-order chi connectivity index (χ1) is 16.4. The van der Waals surface area contributed by atoms with E-state index in [4.69, 9.17) is 14.5 Å². The fourth-order valence-corrected chi connectivity index (χ4v) is 6.20. The zero-order chi connectivity index (χ0) is 24.0. The molecule has 1 fully saturated rings. The van der Waals surface area contributed by atoms with Gasteiger partial charge in [0.05, 0.1) is 38.1 Å². The van der Waals surface area contributed by atoms with Gasteiger partial charge < -0.3 is 14.6 Å². The van der Waals surface area contributed by atoms with Gasteiger partial charge in [0.25, 0.3) is 0 Å². The van der Waals surface area contributed by atoms with Crippen molar-refractivity contribution in [3.8, 4) is 16.5 Å². The number of methoxy groups -OCH3 is 1. The number of rotatable bonds is 6. The van der Waals surface area contributed by atoms with E-state index in [-0.39, 0.29) is 36.3 Å². The molecular formula is C24H29N5O4S. The van der Waals surface area contributed by atoms with Crippen molar-refractivity contribution in [2.45, 2.75) is 38.8 Å². The summed E-state index contributed by atoms with van der Waals surface area (Å²) < 4.78 is 14.7. The lowest BCUT2D eigenvalue weighted by Crippen LogP contribution is -2.40. The van der Waals surface area contributed by atoms with Gasteiger partial charge in [0, 0.05) is 30.9 Å². The van der Waals surface area contributed by atoms with Gasteiger partial charge in [-0.2, -0.15) is 0 Å². The Morgan fingerprint density at radius 2 is 1.94 bits per heavy atom. The molecule has 4 heterocycles. The van der Waals surface area contributed by atoms with Crippen molar-refractivity contribution >= 4 is 32.7 Å². The van der Waals surface area contributed by atoms with Crippen molar-refractivity contribution in [1.82, 2.24) is 24.1 Å². The number of nitrogens with zero attached hydrogens (tertiary/aromatic N) is 5. The molecule has 180 valence electrons.